The van der Waals surface area contributed by atoms with E-state index in [0.29, 0.717) is 17.0 Å². The minimum atomic E-state index is -0.313. The van der Waals surface area contributed by atoms with E-state index in [4.69, 9.17) is 4.74 Å². The summed E-state index contributed by atoms with van der Waals surface area (Å²) in [5, 5.41) is 0. The molecule has 0 radical (unpaired) electrons. The Kier molecular flexibility index (Phi) is 1.91. The van der Waals surface area contributed by atoms with Crippen LogP contribution in [0.2, 0.25) is 0 Å². The van der Waals surface area contributed by atoms with Gasteiger partial charge in [0.05, 0.1) is 5.69 Å². The molecule has 0 atom stereocenters. The molecule has 4 heteroatoms. The number of ether oxygens (including phenoxy) is 1. The van der Waals surface area contributed by atoms with Gasteiger partial charge in [0.2, 0.25) is 0 Å². The molecular weight excluding hydrogens is 185 g/mol. The number of nitrogens with zero attached hydrogens (tertiary/aromatic N) is 1. The summed E-state index contributed by atoms with van der Waals surface area (Å²) >= 11 is 0. The first-order chi connectivity index (χ1) is 6.59. The third-order valence-electron chi connectivity index (χ3n) is 2.33. The highest BCUT2D eigenvalue weighted by Gasteiger charge is 2.23. The molecule has 74 valence electrons. The highest BCUT2D eigenvalue weighted by atomic mass is 19.1. The van der Waals surface area contributed by atoms with E-state index in [9.17, 15) is 9.18 Å². The van der Waals surface area contributed by atoms with Crippen LogP contribution in [0.1, 0.15) is 5.56 Å². The maximum atomic E-state index is 13.1. The van der Waals surface area contributed by atoms with E-state index in [1.165, 1.54) is 11.0 Å². The largest absolute Gasteiger partial charge is 0.481 e. The summed E-state index contributed by atoms with van der Waals surface area (Å²) in [6, 6.07) is 2.93. The summed E-state index contributed by atoms with van der Waals surface area (Å²) in [5.74, 6) is -0.00907. The minimum absolute atomic E-state index is 0.0218. The van der Waals surface area contributed by atoms with Crippen molar-refractivity contribution in [1.82, 2.24) is 0 Å². The van der Waals surface area contributed by atoms with Crippen molar-refractivity contribution in [2.45, 2.75) is 6.92 Å². The van der Waals surface area contributed by atoms with Crippen LogP contribution in [0.15, 0.2) is 12.1 Å². The second kappa shape index (κ2) is 2.97. The van der Waals surface area contributed by atoms with E-state index >= 15 is 0 Å². The van der Waals surface area contributed by atoms with Crippen molar-refractivity contribution in [1.29, 1.82) is 0 Å². The Hall–Kier alpha value is -1.58. The van der Waals surface area contributed by atoms with Gasteiger partial charge in [0.15, 0.2) is 6.61 Å². The lowest BCUT2D eigenvalue weighted by Crippen LogP contribution is -2.35. The molecule has 0 spiro atoms. The number of carbonyl (C=O) groups excluding carboxylic acids is 1. The minimum Gasteiger partial charge on any atom is -0.481 e. The molecule has 14 heavy (non-hydrogen) atoms. The Balaban J connectivity index is 2.55. The van der Waals surface area contributed by atoms with Gasteiger partial charge in [0.25, 0.3) is 5.91 Å². The fraction of sp³-hybridized carbons (Fsp3) is 0.300. The van der Waals surface area contributed by atoms with E-state index in [-0.39, 0.29) is 18.3 Å². The maximum absolute atomic E-state index is 13.1. The SMILES string of the molecule is Cc1cc2c(cc1F)OCC(=O)N2C. The summed E-state index contributed by atoms with van der Waals surface area (Å²) in [7, 11) is 1.65. The molecule has 1 aliphatic rings. The predicted molar refractivity (Wildman–Crippen MR) is 50.0 cm³/mol. The molecule has 0 aliphatic carbocycles. The van der Waals surface area contributed by atoms with Crippen LogP contribution < -0.4 is 9.64 Å². The van der Waals surface area contributed by atoms with Gasteiger partial charge in [0.1, 0.15) is 11.6 Å². The van der Waals surface area contributed by atoms with Gasteiger partial charge in [-0.3, -0.25) is 4.79 Å². The Morgan fingerprint density at radius 2 is 2.21 bits per heavy atom. The zero-order valence-corrected chi connectivity index (χ0v) is 8.00. The average molecular weight is 195 g/mol. The molecule has 0 fully saturated rings. The van der Waals surface area contributed by atoms with Crippen molar-refractivity contribution in [3.63, 3.8) is 0 Å². The maximum Gasteiger partial charge on any atom is 0.264 e. The van der Waals surface area contributed by atoms with E-state index in [0.717, 1.165) is 0 Å². The van der Waals surface area contributed by atoms with E-state index in [1.54, 1.807) is 20.0 Å². The first-order valence-corrected chi connectivity index (χ1v) is 4.29. The number of anilines is 1. The van der Waals surface area contributed by atoms with Crippen molar-refractivity contribution in [3.05, 3.63) is 23.5 Å². The van der Waals surface area contributed by atoms with Gasteiger partial charge in [-0.1, -0.05) is 0 Å². The normalized spacial score (nSPS) is 15.1. The summed E-state index contributed by atoms with van der Waals surface area (Å²) in [6.07, 6.45) is 0. The molecule has 0 saturated carbocycles. The van der Waals surface area contributed by atoms with Crippen molar-refractivity contribution in [2.75, 3.05) is 18.6 Å². The summed E-state index contributed by atoms with van der Waals surface area (Å²) in [6.45, 7) is 1.63. The molecule has 3 nitrogen and oxygen atoms in total. The van der Waals surface area contributed by atoms with E-state index < -0.39 is 0 Å². The fourth-order valence-electron chi connectivity index (χ4n) is 1.40. The number of benzene rings is 1. The number of likely N-dealkylation sites (N-methyl/N-ethyl adjacent to an activating group) is 1. The lowest BCUT2D eigenvalue weighted by Gasteiger charge is -2.26. The molecule has 0 unspecified atom stereocenters. The third kappa shape index (κ3) is 1.23. The van der Waals surface area contributed by atoms with Crippen LogP contribution in [-0.4, -0.2) is 19.6 Å². The molecule has 1 amide bonds. The first-order valence-electron chi connectivity index (χ1n) is 4.29. The second-order valence-electron chi connectivity index (χ2n) is 3.31. The Morgan fingerprint density at radius 3 is 2.93 bits per heavy atom. The Labute approximate surface area is 81.1 Å². The van der Waals surface area contributed by atoms with Crippen molar-refractivity contribution < 1.29 is 13.9 Å². The molecule has 0 saturated heterocycles. The Bertz CT molecular complexity index is 403. The predicted octanol–water partition coefficient (Wildman–Crippen LogP) is 1.49. The summed E-state index contributed by atoms with van der Waals surface area (Å²) in [4.78, 5) is 12.7. The van der Waals surface area contributed by atoms with Crippen LogP contribution in [0.3, 0.4) is 0 Å². The summed E-state index contributed by atoms with van der Waals surface area (Å²) < 4.78 is 18.3. The second-order valence-corrected chi connectivity index (χ2v) is 3.31. The number of carbonyl (C=O) groups is 1. The van der Waals surface area contributed by atoms with Gasteiger partial charge < -0.3 is 9.64 Å². The lowest BCUT2D eigenvalue weighted by atomic mass is 10.1. The van der Waals surface area contributed by atoms with Gasteiger partial charge in [-0.2, -0.15) is 0 Å². The van der Waals surface area contributed by atoms with Crippen LogP contribution >= 0.6 is 0 Å². The number of rotatable bonds is 0. The van der Waals surface area contributed by atoms with Crippen molar-refractivity contribution >= 4 is 11.6 Å². The van der Waals surface area contributed by atoms with Crippen molar-refractivity contribution in [3.8, 4) is 5.75 Å². The fourth-order valence-corrected chi connectivity index (χ4v) is 1.40. The highest BCUT2D eigenvalue weighted by Crippen LogP contribution is 2.33. The smallest absolute Gasteiger partial charge is 0.264 e. The topological polar surface area (TPSA) is 29.5 Å². The van der Waals surface area contributed by atoms with Gasteiger partial charge in [-0.25, -0.2) is 4.39 Å². The molecule has 1 heterocycles. The van der Waals surface area contributed by atoms with Gasteiger partial charge in [0, 0.05) is 13.1 Å². The third-order valence-corrected chi connectivity index (χ3v) is 2.33. The van der Waals surface area contributed by atoms with E-state index in [1.807, 2.05) is 0 Å². The molecular formula is C10H10FNO2. The van der Waals surface area contributed by atoms with Crippen molar-refractivity contribution in [2.24, 2.45) is 0 Å². The standard InChI is InChI=1S/C10H10FNO2/c1-6-3-8-9(4-7(6)11)14-5-10(13)12(8)2/h3-4H,5H2,1-2H3. The molecule has 0 bridgehead atoms. The number of hydrogen-bond donors (Lipinski definition) is 0. The molecule has 2 rings (SSSR count). The van der Waals surface area contributed by atoms with Gasteiger partial charge >= 0.3 is 0 Å². The number of halogens is 1. The quantitative estimate of drug-likeness (QED) is 0.627. The monoisotopic (exact) mass is 195 g/mol. The van der Waals surface area contributed by atoms with Gasteiger partial charge in [-0.15, -0.1) is 0 Å². The van der Waals surface area contributed by atoms with Crippen LogP contribution in [0.4, 0.5) is 10.1 Å². The summed E-state index contributed by atoms with van der Waals surface area (Å²) in [5.41, 5.74) is 1.13. The molecule has 1 aliphatic heterocycles. The lowest BCUT2D eigenvalue weighted by molar-refractivity contribution is -0.120. The zero-order chi connectivity index (χ0) is 10.3. The van der Waals surface area contributed by atoms with Crippen LogP contribution in [-0.2, 0) is 4.79 Å². The number of hydrogen-bond acceptors (Lipinski definition) is 2. The number of aryl methyl sites for hydroxylation is 1. The molecule has 0 N–H and O–H groups in total. The van der Waals surface area contributed by atoms with E-state index in [2.05, 4.69) is 0 Å². The molecule has 1 aromatic carbocycles. The molecule has 0 aromatic heterocycles. The average Bonchev–Trinajstić information content (AvgIpc) is 2.15. The van der Waals surface area contributed by atoms with Crippen LogP contribution in [0, 0.1) is 12.7 Å². The molecule has 1 aromatic rings. The van der Waals surface area contributed by atoms with Crippen LogP contribution in [0.5, 0.6) is 5.75 Å². The Morgan fingerprint density at radius 1 is 1.50 bits per heavy atom. The zero-order valence-electron chi connectivity index (χ0n) is 8.00. The highest BCUT2D eigenvalue weighted by molar-refractivity contribution is 5.97. The van der Waals surface area contributed by atoms with Gasteiger partial charge in [-0.05, 0) is 18.6 Å². The number of amides is 1. The van der Waals surface area contributed by atoms with Crippen LogP contribution in [0.25, 0.3) is 0 Å². The first kappa shape index (κ1) is 8.99. The number of fused-ring (bicyclic) bond motifs is 1.